The van der Waals surface area contributed by atoms with E-state index in [1.807, 2.05) is 32.0 Å². The first-order valence-electron chi connectivity index (χ1n) is 11.7. The van der Waals surface area contributed by atoms with Crippen LogP contribution in [0.3, 0.4) is 0 Å². The van der Waals surface area contributed by atoms with Crippen molar-refractivity contribution in [3.8, 4) is 0 Å². The van der Waals surface area contributed by atoms with E-state index in [0.717, 1.165) is 33.8 Å². The molecule has 202 valence electrons. The summed E-state index contributed by atoms with van der Waals surface area (Å²) in [5.41, 5.74) is 2.65. The minimum absolute atomic E-state index is 0.0442. The molecule has 0 aliphatic heterocycles. The highest BCUT2D eigenvalue weighted by atomic mass is 19.4. The fourth-order valence-electron chi connectivity index (χ4n) is 3.42. The van der Waals surface area contributed by atoms with E-state index >= 15 is 0 Å². The van der Waals surface area contributed by atoms with Crippen LogP contribution in [0, 0.1) is 13.8 Å². The van der Waals surface area contributed by atoms with Crippen LogP contribution in [0.1, 0.15) is 59.8 Å². The summed E-state index contributed by atoms with van der Waals surface area (Å²) in [7, 11) is 0. The van der Waals surface area contributed by atoms with Crippen LogP contribution in [0.4, 0.5) is 13.2 Å². The van der Waals surface area contributed by atoms with Gasteiger partial charge in [0, 0.05) is 18.5 Å². The number of aryl methyl sites for hydroxylation is 2. The first-order chi connectivity index (χ1) is 17.2. The highest BCUT2D eigenvalue weighted by Crippen LogP contribution is 2.29. The number of rotatable bonds is 9. The van der Waals surface area contributed by atoms with E-state index in [9.17, 15) is 32.7 Å². The normalized spacial score (nSPS) is 12.6. The van der Waals surface area contributed by atoms with Crippen LogP contribution >= 0.6 is 0 Å². The number of benzene rings is 2. The van der Waals surface area contributed by atoms with E-state index in [0.29, 0.717) is 6.07 Å². The summed E-state index contributed by atoms with van der Waals surface area (Å²) < 4.78 is 39.5. The summed E-state index contributed by atoms with van der Waals surface area (Å²) in [5, 5.41) is 16.2. The van der Waals surface area contributed by atoms with Gasteiger partial charge >= 0.3 is 6.18 Å². The van der Waals surface area contributed by atoms with Gasteiger partial charge in [-0.3, -0.25) is 25.1 Å². The zero-order chi connectivity index (χ0) is 28.0. The Bertz CT molecular complexity index is 1140. The number of amides is 3. The number of hydrogen-bond acceptors (Lipinski definition) is 5. The number of carbonyl (C=O) groups excluding carboxylic acids is 3. The van der Waals surface area contributed by atoms with Gasteiger partial charge < -0.3 is 10.4 Å². The van der Waals surface area contributed by atoms with Gasteiger partial charge in [-0.05, 0) is 57.0 Å². The molecule has 0 heterocycles. The van der Waals surface area contributed by atoms with Gasteiger partial charge in [-0.25, -0.2) is 5.01 Å². The zero-order valence-corrected chi connectivity index (χ0v) is 21.5. The largest absolute Gasteiger partial charge is 0.416 e. The molecule has 0 radical (unpaired) electrons. The summed E-state index contributed by atoms with van der Waals surface area (Å²) >= 11 is 0. The van der Waals surface area contributed by atoms with Gasteiger partial charge in [-0.1, -0.05) is 36.8 Å². The summed E-state index contributed by atoms with van der Waals surface area (Å²) in [6.45, 7) is 8.01. The molecule has 2 rings (SSSR count). The minimum Gasteiger partial charge on any atom is -0.394 e. The number of hydrogen-bond donors (Lipinski definition) is 4. The van der Waals surface area contributed by atoms with Crippen molar-refractivity contribution in [3.63, 3.8) is 0 Å². The van der Waals surface area contributed by atoms with Crippen molar-refractivity contribution in [3.05, 3.63) is 70.3 Å². The molecule has 0 aliphatic carbocycles. The monoisotopic (exact) mass is 522 g/mol. The lowest BCUT2D eigenvalue weighted by Crippen LogP contribution is -2.66. The third kappa shape index (κ3) is 8.02. The standard InChI is InChI=1S/C26H33F3N4O4/c1-6-21(35)32-33(25(4,5)15-34)24(37)22(30-14-19-11-10-16(2)12-17(19)3)31-23(36)18-8-7-9-20(13-18)26(27,28)29/h7-13,22,30,34H,6,14-15H2,1-5H3,(H,31,36)(H,32,35)/t22-/m1/s1. The van der Waals surface area contributed by atoms with Gasteiger partial charge in [0.1, 0.15) is 0 Å². The second kappa shape index (κ2) is 12.2. The van der Waals surface area contributed by atoms with E-state index in [1.54, 1.807) is 6.92 Å². The van der Waals surface area contributed by atoms with E-state index < -0.39 is 47.8 Å². The molecule has 2 aromatic carbocycles. The van der Waals surface area contributed by atoms with Crippen molar-refractivity contribution in [2.75, 3.05) is 6.61 Å². The lowest BCUT2D eigenvalue weighted by atomic mass is 10.0. The summed E-state index contributed by atoms with van der Waals surface area (Å²) in [5.74, 6) is -2.25. The maximum Gasteiger partial charge on any atom is 0.416 e. The summed E-state index contributed by atoms with van der Waals surface area (Å²) in [6, 6.07) is 9.49. The Kier molecular flexibility index (Phi) is 9.82. The van der Waals surface area contributed by atoms with Crippen LogP contribution in [0.25, 0.3) is 0 Å². The third-order valence-electron chi connectivity index (χ3n) is 5.74. The molecule has 37 heavy (non-hydrogen) atoms. The molecule has 8 nitrogen and oxygen atoms in total. The topological polar surface area (TPSA) is 111 Å². The average Bonchev–Trinajstić information content (AvgIpc) is 2.84. The zero-order valence-electron chi connectivity index (χ0n) is 21.5. The Morgan fingerprint density at radius 3 is 2.30 bits per heavy atom. The van der Waals surface area contributed by atoms with Crippen LogP contribution in [0.15, 0.2) is 42.5 Å². The van der Waals surface area contributed by atoms with E-state index in [-0.39, 0.29) is 18.5 Å². The second-order valence-corrected chi connectivity index (χ2v) is 9.33. The van der Waals surface area contributed by atoms with Crippen LogP contribution in [-0.2, 0) is 22.3 Å². The number of alkyl halides is 3. The van der Waals surface area contributed by atoms with Crippen molar-refractivity contribution in [2.45, 2.75) is 65.5 Å². The van der Waals surface area contributed by atoms with Gasteiger partial charge in [0.2, 0.25) is 5.91 Å². The number of nitrogens with zero attached hydrogens (tertiary/aromatic N) is 1. The fraction of sp³-hybridized carbons (Fsp3) is 0.423. The predicted molar refractivity (Wildman–Crippen MR) is 132 cm³/mol. The SMILES string of the molecule is CCC(=O)NN(C(=O)[C@H](NCc1ccc(C)cc1C)NC(=O)c1cccc(C(F)(F)F)c1)C(C)(C)CO. The van der Waals surface area contributed by atoms with Gasteiger partial charge in [0.05, 0.1) is 17.7 Å². The average molecular weight is 523 g/mol. The summed E-state index contributed by atoms with van der Waals surface area (Å²) in [6.07, 6.45) is -6.06. The molecule has 3 amide bonds. The molecule has 0 spiro atoms. The van der Waals surface area contributed by atoms with Crippen LogP contribution in [-0.4, -0.2) is 46.1 Å². The number of carbonyl (C=O) groups is 3. The Labute approximate surface area is 214 Å². The number of hydrazine groups is 1. The van der Waals surface area contributed by atoms with E-state index in [4.69, 9.17) is 0 Å². The van der Waals surface area contributed by atoms with Crippen molar-refractivity contribution >= 4 is 17.7 Å². The predicted octanol–water partition coefficient (Wildman–Crippen LogP) is 3.21. The van der Waals surface area contributed by atoms with E-state index in [1.165, 1.54) is 19.9 Å². The molecule has 0 unspecified atom stereocenters. The Balaban J connectivity index is 2.41. The molecule has 1 atom stereocenters. The maximum atomic E-state index is 13.6. The van der Waals surface area contributed by atoms with Crippen LogP contribution in [0.2, 0.25) is 0 Å². The van der Waals surface area contributed by atoms with Gasteiger partial charge in [0.15, 0.2) is 6.17 Å². The Morgan fingerprint density at radius 2 is 1.73 bits per heavy atom. The van der Waals surface area contributed by atoms with Gasteiger partial charge in [0.25, 0.3) is 11.8 Å². The molecule has 0 saturated heterocycles. The summed E-state index contributed by atoms with van der Waals surface area (Å²) in [4.78, 5) is 38.7. The molecule has 0 aromatic heterocycles. The van der Waals surface area contributed by atoms with Crippen molar-refractivity contribution in [2.24, 2.45) is 0 Å². The van der Waals surface area contributed by atoms with Crippen molar-refractivity contribution in [1.29, 1.82) is 0 Å². The lowest BCUT2D eigenvalue weighted by molar-refractivity contribution is -0.152. The quantitative estimate of drug-likeness (QED) is 0.299. The molecule has 0 aliphatic rings. The smallest absolute Gasteiger partial charge is 0.394 e. The number of halogens is 3. The molecule has 0 fully saturated rings. The lowest BCUT2D eigenvalue weighted by Gasteiger charge is -2.39. The van der Waals surface area contributed by atoms with Crippen molar-refractivity contribution in [1.82, 2.24) is 21.1 Å². The molecule has 0 saturated carbocycles. The first kappa shape index (κ1) is 29.8. The van der Waals surface area contributed by atoms with Crippen LogP contribution in [0.5, 0.6) is 0 Å². The molecular weight excluding hydrogens is 489 g/mol. The van der Waals surface area contributed by atoms with Gasteiger partial charge in [-0.2, -0.15) is 13.2 Å². The molecule has 0 bridgehead atoms. The highest BCUT2D eigenvalue weighted by molar-refractivity contribution is 5.98. The molecule has 4 N–H and O–H groups in total. The second-order valence-electron chi connectivity index (χ2n) is 9.33. The van der Waals surface area contributed by atoms with Gasteiger partial charge in [-0.15, -0.1) is 0 Å². The Hall–Kier alpha value is -3.44. The molecule has 11 heteroatoms. The van der Waals surface area contributed by atoms with E-state index in [2.05, 4.69) is 16.1 Å². The molecular formula is C26H33F3N4O4. The number of aliphatic hydroxyl groups excluding tert-OH is 1. The number of aliphatic hydroxyl groups is 1. The minimum atomic E-state index is -4.65. The van der Waals surface area contributed by atoms with Crippen molar-refractivity contribution < 1.29 is 32.7 Å². The molecule has 2 aromatic rings. The van der Waals surface area contributed by atoms with Crippen LogP contribution < -0.4 is 16.1 Å². The third-order valence-corrected chi connectivity index (χ3v) is 5.74. The number of nitrogens with one attached hydrogen (secondary N) is 3. The fourth-order valence-corrected chi connectivity index (χ4v) is 3.42. The first-order valence-corrected chi connectivity index (χ1v) is 11.7. The Morgan fingerprint density at radius 1 is 1.05 bits per heavy atom. The maximum absolute atomic E-state index is 13.6. The highest BCUT2D eigenvalue weighted by Gasteiger charge is 2.37.